The van der Waals surface area contributed by atoms with Gasteiger partial charge >= 0.3 is 0 Å². The van der Waals surface area contributed by atoms with Crippen molar-refractivity contribution in [3.63, 3.8) is 0 Å². The molecule has 0 unspecified atom stereocenters. The number of hydrogen-bond acceptors (Lipinski definition) is 6. The number of hydrogen-bond donors (Lipinski definition) is 0. The average Bonchev–Trinajstić information content (AvgIpc) is 3.28. The van der Waals surface area contributed by atoms with E-state index in [1.54, 1.807) is 25.3 Å². The fraction of sp³-hybridized carbons (Fsp3) is 0.500. The zero-order valence-corrected chi connectivity index (χ0v) is 17.3. The van der Waals surface area contributed by atoms with Crippen molar-refractivity contribution in [2.24, 2.45) is 5.92 Å². The maximum Gasteiger partial charge on any atom is 0.246 e. The van der Waals surface area contributed by atoms with Gasteiger partial charge in [0, 0.05) is 38.3 Å². The normalized spacial score (nSPS) is 18.9. The van der Waals surface area contributed by atoms with Crippen molar-refractivity contribution in [3.8, 4) is 11.5 Å². The van der Waals surface area contributed by atoms with Gasteiger partial charge in [-0.25, -0.2) is 18.4 Å². The molecule has 2 aliphatic rings. The number of carbonyl (C=O) groups is 1. The lowest BCUT2D eigenvalue weighted by Gasteiger charge is -2.35. The highest BCUT2D eigenvalue weighted by Crippen LogP contribution is 2.28. The van der Waals surface area contributed by atoms with Crippen molar-refractivity contribution >= 4 is 15.9 Å². The molecule has 1 amide bonds. The van der Waals surface area contributed by atoms with Gasteiger partial charge in [-0.3, -0.25) is 9.78 Å². The molecule has 0 spiro atoms. The van der Waals surface area contributed by atoms with Crippen LogP contribution in [0.15, 0.2) is 35.5 Å². The quantitative estimate of drug-likeness (QED) is 0.756. The van der Waals surface area contributed by atoms with Gasteiger partial charge in [0.05, 0.1) is 11.9 Å². The Balaban J connectivity index is 1.47. The standard InChI is InChI=1S/C20H25N5O3S/c1-15-18(14-22-19(23-15)17-8-4-5-9-21-17)29(27,28)25-12-10-24(11-13-25)20(26)16-6-2-3-7-16/h4-5,8-9,14,16H,2-3,6-7,10-13H2,1H3. The maximum atomic E-state index is 13.1. The fourth-order valence-electron chi connectivity index (χ4n) is 4.05. The van der Waals surface area contributed by atoms with Crippen molar-refractivity contribution in [2.45, 2.75) is 37.5 Å². The molecule has 2 aromatic heterocycles. The van der Waals surface area contributed by atoms with Crippen LogP contribution in [0.1, 0.15) is 31.4 Å². The highest BCUT2D eigenvalue weighted by molar-refractivity contribution is 7.89. The molecule has 0 N–H and O–H groups in total. The molecule has 8 nitrogen and oxygen atoms in total. The van der Waals surface area contributed by atoms with Gasteiger partial charge in [0.2, 0.25) is 15.9 Å². The number of carbonyl (C=O) groups excluding carboxylic acids is 1. The van der Waals surface area contributed by atoms with Crippen LogP contribution < -0.4 is 0 Å². The third-order valence-electron chi connectivity index (χ3n) is 5.70. The lowest BCUT2D eigenvalue weighted by molar-refractivity contribution is -0.136. The van der Waals surface area contributed by atoms with Crippen LogP contribution in [0, 0.1) is 12.8 Å². The summed E-state index contributed by atoms with van der Waals surface area (Å²) >= 11 is 0. The summed E-state index contributed by atoms with van der Waals surface area (Å²) in [5, 5.41) is 0. The Morgan fingerprint density at radius 3 is 2.41 bits per heavy atom. The molecule has 1 saturated heterocycles. The van der Waals surface area contributed by atoms with Crippen LogP contribution in [0.2, 0.25) is 0 Å². The Morgan fingerprint density at radius 1 is 1.07 bits per heavy atom. The van der Waals surface area contributed by atoms with E-state index in [0.717, 1.165) is 25.7 Å². The van der Waals surface area contributed by atoms with Crippen LogP contribution in [-0.4, -0.2) is 64.7 Å². The number of nitrogens with zero attached hydrogens (tertiary/aromatic N) is 5. The van der Waals surface area contributed by atoms with Crippen LogP contribution in [-0.2, 0) is 14.8 Å². The number of pyridine rings is 1. The molecule has 1 aliphatic heterocycles. The number of sulfonamides is 1. The molecular formula is C20H25N5O3S. The third-order valence-corrected chi connectivity index (χ3v) is 7.70. The molecule has 0 aromatic carbocycles. The van der Waals surface area contributed by atoms with Gasteiger partial charge in [0.1, 0.15) is 10.6 Å². The van der Waals surface area contributed by atoms with Gasteiger partial charge in [-0.05, 0) is 31.9 Å². The van der Waals surface area contributed by atoms with Crippen LogP contribution in [0.25, 0.3) is 11.5 Å². The molecule has 1 aliphatic carbocycles. The van der Waals surface area contributed by atoms with Gasteiger partial charge in [-0.15, -0.1) is 0 Å². The highest BCUT2D eigenvalue weighted by atomic mass is 32.2. The molecule has 4 rings (SSSR count). The predicted octanol–water partition coefficient (Wildman–Crippen LogP) is 1.87. The van der Waals surface area contributed by atoms with Crippen molar-refractivity contribution in [2.75, 3.05) is 26.2 Å². The van der Waals surface area contributed by atoms with E-state index in [1.807, 2.05) is 11.0 Å². The van der Waals surface area contributed by atoms with Crippen molar-refractivity contribution in [1.82, 2.24) is 24.2 Å². The first-order chi connectivity index (χ1) is 14.0. The first kappa shape index (κ1) is 19.9. The molecule has 2 fully saturated rings. The molecule has 2 aromatic rings. The summed E-state index contributed by atoms with van der Waals surface area (Å²) in [5.41, 5.74) is 0.990. The second kappa shape index (κ2) is 8.16. The maximum absolute atomic E-state index is 13.1. The minimum absolute atomic E-state index is 0.104. The second-order valence-electron chi connectivity index (χ2n) is 7.57. The van der Waals surface area contributed by atoms with E-state index >= 15 is 0 Å². The topological polar surface area (TPSA) is 96.4 Å². The van der Waals surface area contributed by atoms with Crippen molar-refractivity contribution < 1.29 is 13.2 Å². The first-order valence-electron chi connectivity index (χ1n) is 10.0. The van der Waals surface area contributed by atoms with Gasteiger partial charge < -0.3 is 4.90 Å². The predicted molar refractivity (Wildman–Crippen MR) is 107 cm³/mol. The van der Waals surface area contributed by atoms with Crippen LogP contribution in [0.4, 0.5) is 0 Å². The fourth-order valence-corrected chi connectivity index (χ4v) is 5.57. The Bertz CT molecular complexity index is 982. The summed E-state index contributed by atoms with van der Waals surface area (Å²) < 4.78 is 27.7. The van der Waals surface area contributed by atoms with Crippen molar-refractivity contribution in [3.05, 3.63) is 36.3 Å². The monoisotopic (exact) mass is 415 g/mol. The third kappa shape index (κ3) is 4.02. The Morgan fingerprint density at radius 2 is 1.79 bits per heavy atom. The SMILES string of the molecule is Cc1nc(-c2ccccn2)ncc1S(=O)(=O)N1CCN(C(=O)C2CCCC2)CC1. The van der Waals surface area contributed by atoms with Gasteiger partial charge in [-0.1, -0.05) is 18.9 Å². The van der Waals surface area contributed by atoms with E-state index < -0.39 is 10.0 Å². The van der Waals surface area contributed by atoms with Gasteiger partial charge in [-0.2, -0.15) is 4.31 Å². The largest absolute Gasteiger partial charge is 0.340 e. The molecule has 154 valence electrons. The number of piperazine rings is 1. The second-order valence-corrected chi connectivity index (χ2v) is 9.48. The van der Waals surface area contributed by atoms with E-state index in [9.17, 15) is 13.2 Å². The van der Waals surface area contributed by atoms with Gasteiger partial charge in [0.15, 0.2) is 5.82 Å². The Hall–Kier alpha value is -2.39. The molecule has 0 radical (unpaired) electrons. The lowest BCUT2D eigenvalue weighted by atomic mass is 10.1. The zero-order valence-electron chi connectivity index (χ0n) is 16.5. The Labute approximate surface area is 171 Å². The molecule has 1 saturated carbocycles. The van der Waals surface area contributed by atoms with E-state index in [0.29, 0.717) is 43.4 Å². The summed E-state index contributed by atoms with van der Waals surface area (Å²) in [7, 11) is -3.71. The van der Waals surface area contributed by atoms with E-state index in [4.69, 9.17) is 0 Å². The smallest absolute Gasteiger partial charge is 0.246 e. The van der Waals surface area contributed by atoms with Crippen LogP contribution in [0.5, 0.6) is 0 Å². The van der Waals surface area contributed by atoms with E-state index in [2.05, 4.69) is 15.0 Å². The summed E-state index contributed by atoms with van der Waals surface area (Å²) in [6, 6.07) is 5.41. The molecular weight excluding hydrogens is 390 g/mol. The first-order valence-corrected chi connectivity index (χ1v) is 11.4. The molecule has 29 heavy (non-hydrogen) atoms. The molecule has 0 atom stereocenters. The minimum atomic E-state index is -3.71. The molecule has 0 bridgehead atoms. The number of aryl methyl sites for hydroxylation is 1. The number of rotatable bonds is 4. The Kier molecular flexibility index (Phi) is 5.60. The molecule has 3 heterocycles. The lowest BCUT2D eigenvalue weighted by Crippen LogP contribution is -2.51. The number of amides is 1. The van der Waals surface area contributed by atoms with E-state index in [-0.39, 0.29) is 16.7 Å². The summed E-state index contributed by atoms with van der Waals surface area (Å²) in [5.74, 6) is 0.695. The zero-order chi connectivity index (χ0) is 20.4. The van der Waals surface area contributed by atoms with Crippen LogP contribution in [0.3, 0.4) is 0 Å². The summed E-state index contributed by atoms with van der Waals surface area (Å²) in [6.07, 6.45) is 7.13. The van der Waals surface area contributed by atoms with Crippen molar-refractivity contribution in [1.29, 1.82) is 0 Å². The molecule has 9 heteroatoms. The minimum Gasteiger partial charge on any atom is -0.340 e. The number of aromatic nitrogens is 3. The summed E-state index contributed by atoms with van der Waals surface area (Å²) in [4.78, 5) is 27.3. The van der Waals surface area contributed by atoms with E-state index in [1.165, 1.54) is 10.5 Å². The van der Waals surface area contributed by atoms with Gasteiger partial charge in [0.25, 0.3) is 0 Å². The highest BCUT2D eigenvalue weighted by Gasteiger charge is 2.34. The van der Waals surface area contributed by atoms with Crippen LogP contribution >= 0.6 is 0 Å². The average molecular weight is 416 g/mol. The summed E-state index contributed by atoms with van der Waals surface area (Å²) in [6.45, 7) is 3.12.